The highest BCUT2D eigenvalue weighted by Crippen LogP contribution is 2.26. The summed E-state index contributed by atoms with van der Waals surface area (Å²) in [4.78, 5) is 0. The lowest BCUT2D eigenvalue weighted by Gasteiger charge is -2.22. The Hall–Kier alpha value is -0.860. The molecule has 0 aliphatic heterocycles. The van der Waals surface area contributed by atoms with E-state index in [4.69, 9.17) is 5.84 Å². The molecule has 0 saturated heterocycles. The fourth-order valence-electron chi connectivity index (χ4n) is 2.60. The number of rotatable bonds is 9. The second kappa shape index (κ2) is 9.11. The van der Waals surface area contributed by atoms with Crippen LogP contribution in [0.4, 0.5) is 0 Å². The number of hydrazine groups is 1. The zero-order valence-corrected chi connectivity index (χ0v) is 12.8. The van der Waals surface area contributed by atoms with E-state index >= 15 is 0 Å². The molecular formula is C17H30N2. The van der Waals surface area contributed by atoms with Crippen molar-refractivity contribution >= 4 is 0 Å². The molecule has 0 aliphatic rings. The Morgan fingerprint density at radius 2 is 1.79 bits per heavy atom. The fraction of sp³-hybridized carbons (Fsp3) is 0.647. The number of nitrogens with one attached hydrogen (secondary N) is 1. The molecule has 2 heteroatoms. The Morgan fingerprint density at radius 1 is 1.11 bits per heavy atom. The van der Waals surface area contributed by atoms with Gasteiger partial charge in [0.2, 0.25) is 0 Å². The normalized spacial score (nSPS) is 14.3. The van der Waals surface area contributed by atoms with Gasteiger partial charge in [-0.25, -0.2) is 0 Å². The van der Waals surface area contributed by atoms with Crippen LogP contribution in [0.15, 0.2) is 24.3 Å². The predicted molar refractivity (Wildman–Crippen MR) is 83.8 cm³/mol. The van der Waals surface area contributed by atoms with Crippen molar-refractivity contribution in [2.45, 2.75) is 65.3 Å². The highest BCUT2D eigenvalue weighted by Gasteiger charge is 2.15. The molecule has 0 aromatic heterocycles. The Kier molecular flexibility index (Phi) is 7.76. The van der Waals surface area contributed by atoms with E-state index in [1.807, 2.05) is 0 Å². The van der Waals surface area contributed by atoms with E-state index in [-0.39, 0.29) is 6.04 Å². The smallest absolute Gasteiger partial charge is 0.0462 e. The van der Waals surface area contributed by atoms with Crippen molar-refractivity contribution in [3.05, 3.63) is 35.4 Å². The van der Waals surface area contributed by atoms with Gasteiger partial charge in [-0.15, -0.1) is 0 Å². The molecule has 0 spiro atoms. The molecule has 2 unspecified atom stereocenters. The maximum Gasteiger partial charge on any atom is 0.0462 e. The summed E-state index contributed by atoms with van der Waals surface area (Å²) in [6.07, 6.45) is 7.39. The predicted octanol–water partition coefficient (Wildman–Crippen LogP) is 4.36. The lowest BCUT2D eigenvalue weighted by atomic mass is 9.89. The van der Waals surface area contributed by atoms with Crippen LogP contribution in [0.1, 0.15) is 70.0 Å². The molecule has 0 heterocycles. The SMILES string of the molecule is CCCCC(CC)CC(NN)c1ccc(CC)cc1. The van der Waals surface area contributed by atoms with Crippen LogP contribution >= 0.6 is 0 Å². The van der Waals surface area contributed by atoms with Crippen molar-refractivity contribution in [2.24, 2.45) is 11.8 Å². The summed E-state index contributed by atoms with van der Waals surface area (Å²) in [6, 6.07) is 9.15. The van der Waals surface area contributed by atoms with Crippen LogP contribution in [0.25, 0.3) is 0 Å². The molecule has 0 amide bonds. The molecule has 2 atom stereocenters. The molecule has 19 heavy (non-hydrogen) atoms. The minimum atomic E-state index is 0.285. The van der Waals surface area contributed by atoms with Gasteiger partial charge in [-0.3, -0.25) is 11.3 Å². The summed E-state index contributed by atoms with van der Waals surface area (Å²) in [5, 5.41) is 0. The van der Waals surface area contributed by atoms with Gasteiger partial charge in [-0.05, 0) is 29.9 Å². The third-order valence-electron chi connectivity index (χ3n) is 4.10. The van der Waals surface area contributed by atoms with Gasteiger partial charge >= 0.3 is 0 Å². The molecular weight excluding hydrogens is 232 g/mol. The fourth-order valence-corrected chi connectivity index (χ4v) is 2.60. The summed E-state index contributed by atoms with van der Waals surface area (Å²) < 4.78 is 0. The van der Waals surface area contributed by atoms with E-state index < -0.39 is 0 Å². The van der Waals surface area contributed by atoms with Gasteiger partial charge in [-0.2, -0.15) is 0 Å². The first-order valence-electron chi connectivity index (χ1n) is 7.80. The first-order chi connectivity index (χ1) is 9.24. The van der Waals surface area contributed by atoms with Crippen molar-refractivity contribution in [3.63, 3.8) is 0 Å². The third-order valence-corrected chi connectivity index (χ3v) is 4.10. The standard InChI is InChI=1S/C17H30N2/c1-4-7-8-15(6-3)13-17(19-18)16-11-9-14(5-2)10-12-16/h9-12,15,17,19H,4-8,13,18H2,1-3H3. The van der Waals surface area contributed by atoms with Crippen LogP contribution < -0.4 is 11.3 Å². The monoisotopic (exact) mass is 262 g/mol. The first-order valence-corrected chi connectivity index (χ1v) is 7.80. The minimum Gasteiger partial charge on any atom is -0.271 e. The Labute approximate surface area is 118 Å². The van der Waals surface area contributed by atoms with Gasteiger partial charge in [0.25, 0.3) is 0 Å². The second-order valence-electron chi connectivity index (χ2n) is 5.47. The van der Waals surface area contributed by atoms with Crippen molar-refractivity contribution < 1.29 is 0 Å². The largest absolute Gasteiger partial charge is 0.271 e. The highest BCUT2D eigenvalue weighted by molar-refractivity contribution is 5.25. The van der Waals surface area contributed by atoms with E-state index in [0.29, 0.717) is 0 Å². The van der Waals surface area contributed by atoms with Crippen LogP contribution in [0, 0.1) is 5.92 Å². The zero-order chi connectivity index (χ0) is 14.1. The average molecular weight is 262 g/mol. The summed E-state index contributed by atoms with van der Waals surface area (Å²) in [5.41, 5.74) is 5.70. The molecule has 0 aliphatic carbocycles. The Balaban J connectivity index is 2.64. The number of aryl methyl sites for hydroxylation is 1. The topological polar surface area (TPSA) is 38.0 Å². The molecule has 3 N–H and O–H groups in total. The molecule has 0 radical (unpaired) electrons. The Bertz CT molecular complexity index is 332. The van der Waals surface area contributed by atoms with E-state index in [1.54, 1.807) is 0 Å². The number of unbranched alkanes of at least 4 members (excludes halogenated alkanes) is 1. The Morgan fingerprint density at radius 3 is 2.26 bits per heavy atom. The maximum absolute atomic E-state index is 5.76. The van der Waals surface area contributed by atoms with E-state index in [2.05, 4.69) is 50.5 Å². The van der Waals surface area contributed by atoms with Crippen LogP contribution in [0.2, 0.25) is 0 Å². The first kappa shape index (κ1) is 16.2. The van der Waals surface area contributed by atoms with Gasteiger partial charge in [-0.1, -0.05) is 70.7 Å². The molecule has 0 fully saturated rings. The second-order valence-corrected chi connectivity index (χ2v) is 5.47. The molecule has 1 aromatic rings. The summed E-state index contributed by atoms with van der Waals surface area (Å²) in [5.74, 6) is 6.53. The van der Waals surface area contributed by atoms with Gasteiger partial charge in [0.1, 0.15) is 0 Å². The number of hydrogen-bond donors (Lipinski definition) is 2. The highest BCUT2D eigenvalue weighted by atomic mass is 15.2. The molecule has 108 valence electrons. The van der Waals surface area contributed by atoms with Gasteiger partial charge in [0.15, 0.2) is 0 Å². The van der Waals surface area contributed by atoms with Crippen LogP contribution in [-0.4, -0.2) is 0 Å². The lowest BCUT2D eigenvalue weighted by Crippen LogP contribution is -2.29. The third kappa shape index (κ3) is 5.33. The quantitative estimate of drug-likeness (QED) is 0.512. The maximum atomic E-state index is 5.76. The number of nitrogens with two attached hydrogens (primary N) is 1. The average Bonchev–Trinajstić information content (AvgIpc) is 2.48. The molecule has 0 bridgehead atoms. The number of benzene rings is 1. The van der Waals surface area contributed by atoms with Gasteiger partial charge in [0, 0.05) is 6.04 Å². The van der Waals surface area contributed by atoms with Gasteiger partial charge in [0.05, 0.1) is 0 Å². The van der Waals surface area contributed by atoms with Crippen molar-refractivity contribution in [1.29, 1.82) is 0 Å². The van der Waals surface area contributed by atoms with E-state index in [1.165, 1.54) is 36.8 Å². The van der Waals surface area contributed by atoms with E-state index in [0.717, 1.165) is 18.8 Å². The zero-order valence-electron chi connectivity index (χ0n) is 12.8. The van der Waals surface area contributed by atoms with Crippen LogP contribution in [0.3, 0.4) is 0 Å². The summed E-state index contributed by atoms with van der Waals surface area (Å²) in [6.45, 7) is 6.73. The lowest BCUT2D eigenvalue weighted by molar-refractivity contribution is 0.356. The van der Waals surface area contributed by atoms with Crippen molar-refractivity contribution in [2.75, 3.05) is 0 Å². The van der Waals surface area contributed by atoms with Crippen LogP contribution in [0.5, 0.6) is 0 Å². The van der Waals surface area contributed by atoms with Gasteiger partial charge < -0.3 is 0 Å². The molecule has 1 aromatic carbocycles. The molecule has 1 rings (SSSR count). The van der Waals surface area contributed by atoms with Crippen molar-refractivity contribution in [1.82, 2.24) is 5.43 Å². The molecule has 0 saturated carbocycles. The summed E-state index contributed by atoms with van der Waals surface area (Å²) >= 11 is 0. The summed E-state index contributed by atoms with van der Waals surface area (Å²) in [7, 11) is 0. The number of hydrogen-bond acceptors (Lipinski definition) is 2. The molecule has 2 nitrogen and oxygen atoms in total. The van der Waals surface area contributed by atoms with E-state index in [9.17, 15) is 0 Å². The van der Waals surface area contributed by atoms with Crippen LogP contribution in [-0.2, 0) is 6.42 Å². The van der Waals surface area contributed by atoms with Crippen molar-refractivity contribution in [3.8, 4) is 0 Å². The minimum absolute atomic E-state index is 0.285.